The Hall–Kier alpha value is -2.61. The maximum atomic E-state index is 13.5. The molecule has 0 bridgehead atoms. The number of halogens is 2. The van der Waals surface area contributed by atoms with Crippen LogP contribution in [0.25, 0.3) is 0 Å². The summed E-state index contributed by atoms with van der Waals surface area (Å²) in [5.74, 6) is -2.06. The molecule has 1 fully saturated rings. The molecule has 6 nitrogen and oxygen atoms in total. The molecule has 1 amide bonds. The molecule has 3 rings (SSSR count). The molecule has 1 aromatic heterocycles. The molecule has 1 N–H and O–H groups in total. The number of hydrogen-bond donors (Lipinski definition) is 1. The molecular formula is C16H15F2N3O3. The highest BCUT2D eigenvalue weighted by atomic mass is 19.1. The van der Waals surface area contributed by atoms with Crippen LogP contribution in [0.15, 0.2) is 30.3 Å². The Morgan fingerprint density at radius 2 is 1.96 bits per heavy atom. The lowest BCUT2D eigenvalue weighted by Gasteiger charge is -2.22. The smallest absolute Gasteiger partial charge is 0.272 e. The normalized spacial score (nSPS) is 15.1. The summed E-state index contributed by atoms with van der Waals surface area (Å²) in [5.41, 5.74) is 0.133. The van der Waals surface area contributed by atoms with E-state index in [2.05, 4.69) is 15.5 Å². The van der Waals surface area contributed by atoms with E-state index in [1.807, 2.05) is 0 Å². The first-order valence-corrected chi connectivity index (χ1v) is 7.47. The molecule has 0 radical (unpaired) electrons. The Kier molecular flexibility index (Phi) is 4.95. The third-order valence-corrected chi connectivity index (χ3v) is 3.54. The van der Waals surface area contributed by atoms with Gasteiger partial charge < -0.3 is 14.8 Å². The molecule has 126 valence electrons. The van der Waals surface area contributed by atoms with Crippen LogP contribution >= 0.6 is 0 Å². The van der Waals surface area contributed by atoms with Crippen molar-refractivity contribution < 1.29 is 23.0 Å². The molecule has 1 aromatic carbocycles. The van der Waals surface area contributed by atoms with Crippen LogP contribution in [-0.4, -0.2) is 35.4 Å². The minimum atomic E-state index is -0.849. The maximum Gasteiger partial charge on any atom is 0.272 e. The largest absolute Gasteiger partial charge is 0.434 e. The van der Waals surface area contributed by atoms with E-state index in [-0.39, 0.29) is 29.3 Å². The SMILES string of the molecule is O=C(NC1CCOCC1)c1ccc(Oc2ccc(F)cc2F)nn1. The van der Waals surface area contributed by atoms with Gasteiger partial charge in [-0.2, -0.15) is 0 Å². The van der Waals surface area contributed by atoms with E-state index in [1.165, 1.54) is 12.1 Å². The van der Waals surface area contributed by atoms with Gasteiger partial charge in [0.05, 0.1) is 0 Å². The van der Waals surface area contributed by atoms with Gasteiger partial charge in [-0.05, 0) is 31.0 Å². The number of aromatic nitrogens is 2. The number of rotatable bonds is 4. The second-order valence-electron chi connectivity index (χ2n) is 5.29. The lowest BCUT2D eigenvalue weighted by Crippen LogP contribution is -2.39. The van der Waals surface area contributed by atoms with Crippen LogP contribution < -0.4 is 10.1 Å². The number of ether oxygens (including phenoxy) is 2. The molecule has 1 aliphatic rings. The van der Waals surface area contributed by atoms with Crippen molar-refractivity contribution in [3.05, 3.63) is 47.7 Å². The van der Waals surface area contributed by atoms with Crippen LogP contribution in [0.1, 0.15) is 23.3 Å². The lowest BCUT2D eigenvalue weighted by molar-refractivity contribution is 0.0693. The highest BCUT2D eigenvalue weighted by Gasteiger charge is 2.18. The third-order valence-electron chi connectivity index (χ3n) is 3.54. The van der Waals surface area contributed by atoms with Crippen LogP contribution in [0.2, 0.25) is 0 Å². The maximum absolute atomic E-state index is 13.5. The van der Waals surface area contributed by atoms with E-state index in [0.717, 1.165) is 25.0 Å². The summed E-state index contributed by atoms with van der Waals surface area (Å²) in [5, 5.41) is 10.4. The zero-order valence-corrected chi connectivity index (χ0v) is 12.7. The molecule has 2 aromatic rings. The third kappa shape index (κ3) is 4.02. The van der Waals surface area contributed by atoms with Crippen molar-refractivity contribution in [2.45, 2.75) is 18.9 Å². The zero-order valence-electron chi connectivity index (χ0n) is 12.7. The predicted octanol–water partition coefficient (Wildman–Crippen LogP) is 2.46. The monoisotopic (exact) mass is 335 g/mol. The standard InChI is InChI=1S/C16H15F2N3O3/c17-10-1-3-14(12(18)9-10)24-15-4-2-13(20-21-15)16(22)19-11-5-7-23-8-6-11/h1-4,9,11H,5-8H2,(H,19,22). The first-order chi connectivity index (χ1) is 11.6. The molecule has 0 spiro atoms. The first kappa shape index (κ1) is 16.3. The fourth-order valence-electron chi connectivity index (χ4n) is 2.27. The fourth-order valence-corrected chi connectivity index (χ4v) is 2.27. The van der Waals surface area contributed by atoms with Gasteiger partial charge in [-0.15, -0.1) is 10.2 Å². The molecule has 0 unspecified atom stereocenters. The second-order valence-corrected chi connectivity index (χ2v) is 5.29. The summed E-state index contributed by atoms with van der Waals surface area (Å²) in [7, 11) is 0. The van der Waals surface area contributed by atoms with Crippen molar-refractivity contribution in [1.29, 1.82) is 0 Å². The topological polar surface area (TPSA) is 73.3 Å². The summed E-state index contributed by atoms with van der Waals surface area (Å²) in [6.45, 7) is 1.24. The number of carbonyl (C=O) groups is 1. The minimum Gasteiger partial charge on any atom is -0.434 e. The average molecular weight is 335 g/mol. The van der Waals surface area contributed by atoms with Crippen molar-refractivity contribution in [2.75, 3.05) is 13.2 Å². The fraction of sp³-hybridized carbons (Fsp3) is 0.312. The number of amides is 1. The number of nitrogens with one attached hydrogen (secondary N) is 1. The Balaban J connectivity index is 1.63. The first-order valence-electron chi connectivity index (χ1n) is 7.47. The van der Waals surface area contributed by atoms with Crippen LogP contribution in [0, 0.1) is 11.6 Å². The van der Waals surface area contributed by atoms with E-state index in [4.69, 9.17) is 9.47 Å². The van der Waals surface area contributed by atoms with Crippen molar-refractivity contribution in [2.24, 2.45) is 0 Å². The summed E-state index contributed by atoms with van der Waals surface area (Å²) in [4.78, 5) is 12.1. The predicted molar refractivity (Wildman–Crippen MR) is 79.8 cm³/mol. The highest BCUT2D eigenvalue weighted by Crippen LogP contribution is 2.23. The van der Waals surface area contributed by atoms with Crippen LogP contribution in [0.5, 0.6) is 11.6 Å². The van der Waals surface area contributed by atoms with Gasteiger partial charge in [-0.1, -0.05) is 0 Å². The van der Waals surface area contributed by atoms with Gasteiger partial charge in [-0.25, -0.2) is 8.78 Å². The van der Waals surface area contributed by atoms with Crippen LogP contribution in [0.3, 0.4) is 0 Å². The summed E-state index contributed by atoms with van der Waals surface area (Å²) in [6, 6.07) is 5.81. The van der Waals surface area contributed by atoms with Crippen LogP contribution in [-0.2, 0) is 4.74 Å². The quantitative estimate of drug-likeness (QED) is 0.929. The summed E-state index contributed by atoms with van der Waals surface area (Å²) >= 11 is 0. The van der Waals surface area contributed by atoms with E-state index >= 15 is 0 Å². The molecule has 0 saturated carbocycles. The average Bonchev–Trinajstić information content (AvgIpc) is 2.59. The van der Waals surface area contributed by atoms with Gasteiger partial charge in [0, 0.05) is 31.4 Å². The lowest BCUT2D eigenvalue weighted by atomic mass is 10.1. The van der Waals surface area contributed by atoms with E-state index in [0.29, 0.717) is 19.3 Å². The van der Waals surface area contributed by atoms with Gasteiger partial charge in [0.25, 0.3) is 5.91 Å². The van der Waals surface area contributed by atoms with Crippen molar-refractivity contribution in [1.82, 2.24) is 15.5 Å². The molecular weight excluding hydrogens is 320 g/mol. The van der Waals surface area contributed by atoms with E-state index in [9.17, 15) is 13.6 Å². The van der Waals surface area contributed by atoms with Gasteiger partial charge in [0.2, 0.25) is 5.88 Å². The number of nitrogens with zero attached hydrogens (tertiary/aromatic N) is 2. The molecule has 0 atom stereocenters. The summed E-state index contributed by atoms with van der Waals surface area (Å²) < 4.78 is 36.8. The van der Waals surface area contributed by atoms with Gasteiger partial charge in [-0.3, -0.25) is 4.79 Å². The highest BCUT2D eigenvalue weighted by molar-refractivity contribution is 5.92. The van der Waals surface area contributed by atoms with Gasteiger partial charge in [0.1, 0.15) is 5.82 Å². The van der Waals surface area contributed by atoms with Gasteiger partial charge >= 0.3 is 0 Å². The number of hydrogen-bond acceptors (Lipinski definition) is 5. The molecule has 24 heavy (non-hydrogen) atoms. The Labute approximate surface area is 136 Å². The van der Waals surface area contributed by atoms with E-state index < -0.39 is 11.6 Å². The van der Waals surface area contributed by atoms with Crippen molar-refractivity contribution >= 4 is 5.91 Å². The molecule has 1 aliphatic heterocycles. The Morgan fingerprint density at radius 3 is 2.62 bits per heavy atom. The van der Waals surface area contributed by atoms with E-state index in [1.54, 1.807) is 0 Å². The Bertz CT molecular complexity index is 719. The summed E-state index contributed by atoms with van der Waals surface area (Å²) in [6.07, 6.45) is 1.51. The zero-order chi connectivity index (χ0) is 16.9. The van der Waals surface area contributed by atoms with Crippen molar-refractivity contribution in [3.8, 4) is 11.6 Å². The second kappa shape index (κ2) is 7.31. The Morgan fingerprint density at radius 1 is 1.17 bits per heavy atom. The molecule has 0 aliphatic carbocycles. The number of carbonyl (C=O) groups excluding carboxylic acids is 1. The molecule has 8 heteroatoms. The van der Waals surface area contributed by atoms with Gasteiger partial charge in [0.15, 0.2) is 17.3 Å². The molecule has 2 heterocycles. The molecule has 1 saturated heterocycles. The van der Waals surface area contributed by atoms with Crippen LogP contribution in [0.4, 0.5) is 8.78 Å². The number of benzene rings is 1. The van der Waals surface area contributed by atoms with Crippen molar-refractivity contribution in [3.63, 3.8) is 0 Å². The minimum absolute atomic E-state index is 0.00289.